The van der Waals surface area contributed by atoms with Gasteiger partial charge in [-0.05, 0) is 50.6 Å². The monoisotopic (exact) mass is 424 g/mol. The van der Waals surface area contributed by atoms with E-state index in [2.05, 4.69) is 20.4 Å². The van der Waals surface area contributed by atoms with Crippen LogP contribution in [0.2, 0.25) is 5.02 Å². The normalized spacial score (nSPS) is 12.3. The zero-order chi connectivity index (χ0) is 21.3. The van der Waals surface area contributed by atoms with E-state index in [0.717, 1.165) is 16.5 Å². The summed E-state index contributed by atoms with van der Waals surface area (Å²) >= 11 is 6.36. The third kappa shape index (κ3) is 4.16. The van der Waals surface area contributed by atoms with Crippen molar-refractivity contribution in [2.75, 3.05) is 5.32 Å². The van der Waals surface area contributed by atoms with Crippen LogP contribution >= 0.6 is 11.6 Å². The molecule has 2 N–H and O–H groups in total. The maximum Gasteiger partial charge on any atom is 0.253 e. The lowest BCUT2D eigenvalue weighted by Crippen LogP contribution is -2.20. The number of halogens is 1. The van der Waals surface area contributed by atoms with Crippen LogP contribution in [0.15, 0.2) is 58.3 Å². The van der Waals surface area contributed by atoms with Gasteiger partial charge in [0.25, 0.3) is 5.56 Å². The number of hydrogen-bond acceptors (Lipinski definition) is 6. The van der Waals surface area contributed by atoms with Crippen LogP contribution in [0.3, 0.4) is 0 Å². The molecule has 0 aliphatic rings. The number of ether oxygens (including phenoxy) is 1. The van der Waals surface area contributed by atoms with Gasteiger partial charge in [-0.25, -0.2) is 4.98 Å². The molecule has 3 heterocycles. The molecule has 1 atom stereocenters. The predicted octanol–water partition coefficient (Wildman–Crippen LogP) is 5.19. The summed E-state index contributed by atoms with van der Waals surface area (Å²) < 4.78 is 10.6. The van der Waals surface area contributed by atoms with Crippen molar-refractivity contribution in [2.45, 2.75) is 32.9 Å². The summed E-state index contributed by atoms with van der Waals surface area (Å²) in [6.07, 6.45) is 4.88. The minimum Gasteiger partial charge on any atom is -0.489 e. The van der Waals surface area contributed by atoms with E-state index in [1.807, 2.05) is 39.0 Å². The number of anilines is 1. The number of hydrogen-bond donors (Lipinski definition) is 2. The summed E-state index contributed by atoms with van der Waals surface area (Å²) in [6, 6.07) is 8.85. The molecular weight excluding hydrogens is 404 g/mol. The van der Waals surface area contributed by atoms with Crippen molar-refractivity contribution in [3.63, 3.8) is 0 Å². The second-order valence-corrected chi connectivity index (χ2v) is 7.71. The quantitative estimate of drug-likeness (QED) is 0.442. The molecule has 0 aliphatic carbocycles. The number of benzene rings is 1. The molecule has 0 saturated carbocycles. The van der Waals surface area contributed by atoms with Crippen LogP contribution < -0.4 is 15.6 Å². The minimum absolute atomic E-state index is 0.0174. The van der Waals surface area contributed by atoms with Gasteiger partial charge in [0.05, 0.1) is 28.9 Å². The molecule has 0 radical (unpaired) electrons. The molecule has 30 heavy (non-hydrogen) atoms. The Morgan fingerprint density at radius 1 is 1.17 bits per heavy atom. The van der Waals surface area contributed by atoms with Crippen LogP contribution in [0.4, 0.5) is 5.82 Å². The van der Waals surface area contributed by atoms with Crippen molar-refractivity contribution in [1.29, 1.82) is 0 Å². The first kappa shape index (κ1) is 20.0. The number of H-pyrrole nitrogens is 1. The fourth-order valence-electron chi connectivity index (χ4n) is 3.23. The Labute approximate surface area is 178 Å². The molecule has 0 amide bonds. The summed E-state index contributed by atoms with van der Waals surface area (Å²) in [4.78, 5) is 20.0. The van der Waals surface area contributed by atoms with Crippen molar-refractivity contribution in [1.82, 2.24) is 15.1 Å². The van der Waals surface area contributed by atoms with E-state index in [-0.39, 0.29) is 17.7 Å². The van der Waals surface area contributed by atoms with Crippen molar-refractivity contribution >= 4 is 28.3 Å². The number of nitrogens with zero attached hydrogens (tertiary/aromatic N) is 2. The van der Waals surface area contributed by atoms with Crippen LogP contribution in [-0.2, 0) is 0 Å². The van der Waals surface area contributed by atoms with Gasteiger partial charge in [-0.3, -0.25) is 4.79 Å². The molecular formula is C22H21ClN4O3. The fourth-order valence-corrected chi connectivity index (χ4v) is 3.44. The second kappa shape index (κ2) is 8.20. The Hall–Kier alpha value is -3.32. The Morgan fingerprint density at radius 3 is 2.73 bits per heavy atom. The molecule has 4 rings (SSSR count). The van der Waals surface area contributed by atoms with E-state index in [0.29, 0.717) is 27.7 Å². The van der Waals surface area contributed by atoms with Crippen LogP contribution in [-0.4, -0.2) is 21.2 Å². The molecule has 4 aromatic rings. The summed E-state index contributed by atoms with van der Waals surface area (Å²) in [5, 5.41) is 8.33. The van der Waals surface area contributed by atoms with E-state index in [1.54, 1.807) is 30.8 Å². The van der Waals surface area contributed by atoms with Crippen LogP contribution in [0, 0.1) is 0 Å². The van der Waals surface area contributed by atoms with Gasteiger partial charge in [0.1, 0.15) is 17.8 Å². The van der Waals surface area contributed by atoms with Gasteiger partial charge in [-0.1, -0.05) is 16.8 Å². The highest BCUT2D eigenvalue weighted by Gasteiger charge is 2.14. The number of rotatable bonds is 6. The Balaban J connectivity index is 1.63. The molecule has 0 spiro atoms. The van der Waals surface area contributed by atoms with Gasteiger partial charge in [0, 0.05) is 28.8 Å². The van der Waals surface area contributed by atoms with E-state index in [9.17, 15) is 4.79 Å². The van der Waals surface area contributed by atoms with Gasteiger partial charge in [0.2, 0.25) is 0 Å². The number of aromatic amines is 1. The first-order valence-electron chi connectivity index (χ1n) is 9.56. The molecule has 0 aliphatic heterocycles. The predicted molar refractivity (Wildman–Crippen MR) is 117 cm³/mol. The molecule has 0 saturated heterocycles. The third-order valence-corrected chi connectivity index (χ3v) is 4.94. The summed E-state index contributed by atoms with van der Waals surface area (Å²) in [7, 11) is 0. The highest BCUT2D eigenvalue weighted by atomic mass is 35.5. The van der Waals surface area contributed by atoms with Crippen molar-refractivity contribution in [3.8, 4) is 16.9 Å². The second-order valence-electron chi connectivity index (χ2n) is 7.30. The largest absolute Gasteiger partial charge is 0.489 e. The van der Waals surface area contributed by atoms with Crippen molar-refractivity contribution in [2.24, 2.45) is 0 Å². The number of nitrogens with one attached hydrogen (secondary N) is 2. The molecule has 8 heteroatoms. The van der Waals surface area contributed by atoms with E-state index in [4.69, 9.17) is 20.9 Å². The lowest BCUT2D eigenvalue weighted by molar-refractivity contribution is 0.243. The Bertz CT molecular complexity index is 1240. The Morgan fingerprint density at radius 2 is 2.00 bits per heavy atom. The lowest BCUT2D eigenvalue weighted by Gasteiger charge is -2.16. The van der Waals surface area contributed by atoms with Gasteiger partial charge in [-0.2, -0.15) is 0 Å². The molecule has 1 aromatic carbocycles. The lowest BCUT2D eigenvalue weighted by atomic mass is 10.1. The van der Waals surface area contributed by atoms with Gasteiger partial charge < -0.3 is 19.6 Å². The summed E-state index contributed by atoms with van der Waals surface area (Å²) in [5.74, 6) is 1.18. The topological polar surface area (TPSA) is 93.0 Å². The highest BCUT2D eigenvalue weighted by molar-refractivity contribution is 6.32. The van der Waals surface area contributed by atoms with Gasteiger partial charge >= 0.3 is 0 Å². The summed E-state index contributed by atoms with van der Waals surface area (Å²) in [6.45, 7) is 5.75. The molecule has 7 nitrogen and oxygen atoms in total. The molecule has 154 valence electrons. The van der Waals surface area contributed by atoms with Gasteiger partial charge in [0.15, 0.2) is 0 Å². The number of aromatic nitrogens is 3. The fraction of sp³-hybridized carbons (Fsp3) is 0.227. The van der Waals surface area contributed by atoms with Crippen LogP contribution in [0.1, 0.15) is 32.4 Å². The van der Waals surface area contributed by atoms with Crippen LogP contribution in [0.25, 0.3) is 22.0 Å². The zero-order valence-electron chi connectivity index (χ0n) is 16.8. The average molecular weight is 425 g/mol. The van der Waals surface area contributed by atoms with Crippen molar-refractivity contribution in [3.05, 3.63) is 69.9 Å². The standard InChI is InChI=1S/C22H21ClN4O3/c1-12(2)30-20-9-19-15(7-18(20)23)6-17(22(28)27-19)13(3)26-21-8-14(4-5-24-21)16-10-25-29-11-16/h4-13H,1-3H3,(H,24,26)(H,27,28)/t13-/m0/s1. The number of fused-ring (bicyclic) bond motifs is 1. The summed E-state index contributed by atoms with van der Waals surface area (Å²) in [5.41, 5.74) is 2.83. The molecule has 0 bridgehead atoms. The zero-order valence-corrected chi connectivity index (χ0v) is 17.5. The SMILES string of the molecule is CC(C)Oc1cc2[nH]c(=O)c([C@H](C)Nc3cc(-c4cnoc4)ccn3)cc2cc1Cl. The smallest absolute Gasteiger partial charge is 0.253 e. The van der Waals surface area contributed by atoms with E-state index < -0.39 is 0 Å². The molecule has 0 fully saturated rings. The van der Waals surface area contributed by atoms with Crippen molar-refractivity contribution < 1.29 is 9.26 Å². The molecule has 0 unspecified atom stereocenters. The van der Waals surface area contributed by atoms with E-state index in [1.165, 1.54) is 0 Å². The average Bonchev–Trinajstić information content (AvgIpc) is 3.23. The maximum absolute atomic E-state index is 12.7. The highest BCUT2D eigenvalue weighted by Crippen LogP contribution is 2.31. The van der Waals surface area contributed by atoms with Crippen LogP contribution in [0.5, 0.6) is 5.75 Å². The Kier molecular flexibility index (Phi) is 5.46. The van der Waals surface area contributed by atoms with Gasteiger partial charge in [-0.15, -0.1) is 0 Å². The minimum atomic E-state index is -0.284. The first-order valence-corrected chi connectivity index (χ1v) is 9.94. The maximum atomic E-state index is 12.7. The number of pyridine rings is 2. The first-order chi connectivity index (χ1) is 14.4. The van der Waals surface area contributed by atoms with E-state index >= 15 is 0 Å². The third-order valence-electron chi connectivity index (χ3n) is 4.64. The molecule has 3 aromatic heterocycles.